The molecule has 9 atom stereocenters. The van der Waals surface area contributed by atoms with Gasteiger partial charge in [0.1, 0.15) is 12.2 Å². The van der Waals surface area contributed by atoms with Crippen molar-refractivity contribution < 1.29 is 24.2 Å². The van der Waals surface area contributed by atoms with Crippen molar-refractivity contribution in [3.05, 3.63) is 60.2 Å². The molecule has 1 saturated carbocycles. The van der Waals surface area contributed by atoms with Gasteiger partial charge in [0.25, 0.3) is 0 Å². The van der Waals surface area contributed by atoms with Gasteiger partial charge in [-0.05, 0) is 67.8 Å². The molecule has 0 spiro atoms. The van der Waals surface area contributed by atoms with Crippen molar-refractivity contribution in [2.75, 3.05) is 0 Å². The third-order valence-corrected chi connectivity index (χ3v) is 8.81. The molecule has 2 fully saturated rings. The van der Waals surface area contributed by atoms with Gasteiger partial charge in [-0.25, -0.2) is 0 Å². The topological polar surface area (TPSA) is 72.8 Å². The van der Waals surface area contributed by atoms with E-state index in [2.05, 4.69) is 55.5 Å². The van der Waals surface area contributed by atoms with Gasteiger partial charge in [-0.15, -0.1) is 0 Å². The first-order chi connectivity index (χ1) is 17.8. The number of hydrogen-bond acceptors (Lipinski definition) is 5. The molecule has 5 nitrogen and oxygen atoms in total. The molecule has 1 aromatic carbocycles. The van der Waals surface area contributed by atoms with E-state index in [1.165, 1.54) is 5.56 Å². The Morgan fingerprint density at radius 3 is 2.68 bits per heavy atom. The summed E-state index contributed by atoms with van der Waals surface area (Å²) in [7, 11) is 0. The molecule has 202 valence electrons. The molecule has 0 aromatic heterocycles. The smallest absolute Gasteiger partial charge is 0.308 e. The van der Waals surface area contributed by atoms with Crippen LogP contribution in [0.15, 0.2) is 54.6 Å². The number of hydrogen-bond donors (Lipinski definition) is 1. The Kier molecular flexibility index (Phi) is 9.64. The molecule has 1 aliphatic heterocycles. The van der Waals surface area contributed by atoms with Crippen molar-refractivity contribution >= 4 is 11.9 Å². The van der Waals surface area contributed by atoms with Crippen LogP contribution in [0.25, 0.3) is 0 Å². The summed E-state index contributed by atoms with van der Waals surface area (Å²) in [6.07, 6.45) is 14.2. The van der Waals surface area contributed by atoms with Crippen LogP contribution in [-0.2, 0) is 25.5 Å². The van der Waals surface area contributed by atoms with Crippen molar-refractivity contribution in [2.45, 2.75) is 90.4 Å². The largest absolute Gasteiger partial charge is 0.462 e. The average molecular weight is 509 g/mol. The van der Waals surface area contributed by atoms with Gasteiger partial charge in [0, 0.05) is 12.3 Å². The monoisotopic (exact) mass is 508 g/mol. The molecule has 0 bridgehead atoms. The van der Waals surface area contributed by atoms with Crippen molar-refractivity contribution in [3.8, 4) is 0 Å². The molecule has 37 heavy (non-hydrogen) atoms. The Hall–Kier alpha value is -2.40. The number of ether oxygens (including phenoxy) is 2. The first-order valence-corrected chi connectivity index (χ1v) is 14.3. The summed E-state index contributed by atoms with van der Waals surface area (Å²) in [5, 5.41) is 10.0. The number of rotatable bonds is 9. The number of aliphatic hydroxyl groups excluding tert-OH is 1. The van der Waals surface area contributed by atoms with Crippen LogP contribution in [0.3, 0.4) is 0 Å². The van der Waals surface area contributed by atoms with Crippen LogP contribution in [0, 0.1) is 35.5 Å². The van der Waals surface area contributed by atoms with Crippen molar-refractivity contribution in [2.24, 2.45) is 35.5 Å². The van der Waals surface area contributed by atoms with Crippen LogP contribution in [0.4, 0.5) is 0 Å². The van der Waals surface area contributed by atoms with E-state index in [9.17, 15) is 14.7 Å². The van der Waals surface area contributed by atoms with Crippen LogP contribution >= 0.6 is 0 Å². The highest BCUT2D eigenvalue weighted by molar-refractivity contribution is 5.72. The third kappa shape index (κ3) is 7.34. The average Bonchev–Trinajstić information content (AvgIpc) is 2.88. The van der Waals surface area contributed by atoms with E-state index in [4.69, 9.17) is 9.47 Å². The van der Waals surface area contributed by atoms with Gasteiger partial charge in [-0.2, -0.15) is 0 Å². The Balaban J connectivity index is 1.48. The van der Waals surface area contributed by atoms with Crippen LogP contribution < -0.4 is 0 Å². The Bertz CT molecular complexity index is 953. The fourth-order valence-corrected chi connectivity index (χ4v) is 6.54. The quantitative estimate of drug-likeness (QED) is 0.324. The molecule has 0 amide bonds. The minimum atomic E-state index is -0.606. The van der Waals surface area contributed by atoms with Gasteiger partial charge in [0.2, 0.25) is 0 Å². The van der Waals surface area contributed by atoms with E-state index in [1.54, 1.807) is 0 Å². The summed E-state index contributed by atoms with van der Waals surface area (Å²) in [6.45, 7) is 6.22. The zero-order chi connectivity index (χ0) is 26.4. The number of cyclic esters (lactones) is 1. The maximum atomic E-state index is 12.9. The lowest BCUT2D eigenvalue weighted by atomic mass is 9.60. The fourth-order valence-electron chi connectivity index (χ4n) is 6.54. The number of fused-ring (bicyclic) bond motifs is 1. The summed E-state index contributed by atoms with van der Waals surface area (Å²) in [5.41, 5.74) is 1.30. The number of esters is 2. The van der Waals surface area contributed by atoms with Gasteiger partial charge in [0.15, 0.2) is 0 Å². The van der Waals surface area contributed by atoms with Gasteiger partial charge < -0.3 is 14.6 Å². The first kappa shape index (κ1) is 27.6. The van der Waals surface area contributed by atoms with E-state index in [0.717, 1.165) is 38.5 Å². The number of allylic oxidation sites excluding steroid dienone is 4. The molecule has 1 saturated heterocycles. The fraction of sp³-hybridized carbons (Fsp3) is 0.625. The summed E-state index contributed by atoms with van der Waals surface area (Å²) < 4.78 is 11.8. The summed E-state index contributed by atoms with van der Waals surface area (Å²) in [5.74, 6) is 1.19. The maximum Gasteiger partial charge on any atom is 0.308 e. The van der Waals surface area contributed by atoms with Crippen molar-refractivity contribution in [1.29, 1.82) is 0 Å². The van der Waals surface area contributed by atoms with Gasteiger partial charge in [-0.3, -0.25) is 9.59 Å². The minimum Gasteiger partial charge on any atom is -0.462 e. The van der Waals surface area contributed by atoms with Crippen LogP contribution in [0.5, 0.6) is 0 Å². The number of benzene rings is 1. The summed E-state index contributed by atoms with van der Waals surface area (Å²) >= 11 is 0. The molecule has 3 aliphatic rings. The molecule has 2 aliphatic carbocycles. The number of carbonyl (C=O) groups is 2. The molecule has 1 aromatic rings. The minimum absolute atomic E-state index is 0.0922. The molecular formula is C32H44O5. The standard InChI is InChI=1S/C32H44O5/c1-4-21(2)32(35)37-29-18-24(12-8-11-23-9-6-5-7-10-23)17-25-14-13-22(3)28(31(25)29)16-15-27-19-26(33)20-30(34)36-27/h5-10,12-14,21-22,24-29,31,33H,4,11,15-20H2,1-3H3/b12-8+/t21-,22-,24-,25-,26+,27+,28-,29-,31-/m0/s1. The Morgan fingerprint density at radius 1 is 1.16 bits per heavy atom. The SMILES string of the molecule is CC[C@H](C)C(=O)O[C@H]1C[C@@H](/C=C/Cc2ccccc2)C[C@@H]2C=C[C@H](C)[C@H](CC[C@@H]3C[C@@H](O)CC(=O)O3)[C@@H]12. The van der Waals surface area contributed by atoms with Gasteiger partial charge >= 0.3 is 11.9 Å². The molecule has 4 rings (SSSR count). The second-order valence-electron chi connectivity index (χ2n) is 11.6. The molecule has 1 heterocycles. The van der Waals surface area contributed by atoms with E-state index in [1.807, 2.05) is 19.9 Å². The second kappa shape index (κ2) is 12.9. The van der Waals surface area contributed by atoms with Crippen LogP contribution in [-0.4, -0.2) is 35.4 Å². The predicted octanol–water partition coefficient (Wildman–Crippen LogP) is 6.05. The second-order valence-corrected chi connectivity index (χ2v) is 11.6. The number of aliphatic hydroxyl groups is 1. The maximum absolute atomic E-state index is 12.9. The van der Waals surface area contributed by atoms with Crippen molar-refractivity contribution in [3.63, 3.8) is 0 Å². The normalized spacial score (nSPS) is 34.5. The van der Waals surface area contributed by atoms with E-state index >= 15 is 0 Å². The van der Waals surface area contributed by atoms with Gasteiger partial charge in [0.05, 0.1) is 18.4 Å². The van der Waals surface area contributed by atoms with Crippen LogP contribution in [0.1, 0.15) is 71.3 Å². The Labute approximate surface area is 222 Å². The third-order valence-electron chi connectivity index (χ3n) is 8.81. The molecule has 0 radical (unpaired) electrons. The van der Waals surface area contributed by atoms with Gasteiger partial charge in [-0.1, -0.05) is 75.4 Å². The summed E-state index contributed by atoms with van der Waals surface area (Å²) in [4.78, 5) is 24.8. The Morgan fingerprint density at radius 2 is 1.95 bits per heavy atom. The summed E-state index contributed by atoms with van der Waals surface area (Å²) in [6, 6.07) is 10.5. The highest BCUT2D eigenvalue weighted by atomic mass is 16.5. The molecular weight excluding hydrogens is 464 g/mol. The van der Waals surface area contributed by atoms with E-state index < -0.39 is 6.10 Å². The zero-order valence-electron chi connectivity index (χ0n) is 22.6. The lowest BCUT2D eigenvalue weighted by molar-refractivity contribution is -0.165. The number of carbonyl (C=O) groups excluding carboxylic acids is 2. The molecule has 5 heteroatoms. The first-order valence-electron chi connectivity index (χ1n) is 14.3. The highest BCUT2D eigenvalue weighted by Crippen LogP contribution is 2.48. The molecule has 1 N–H and O–H groups in total. The van der Waals surface area contributed by atoms with Crippen LogP contribution in [0.2, 0.25) is 0 Å². The molecule has 0 unspecified atom stereocenters. The van der Waals surface area contributed by atoms with E-state index in [0.29, 0.717) is 30.1 Å². The lowest BCUT2D eigenvalue weighted by Crippen LogP contribution is -2.46. The highest BCUT2D eigenvalue weighted by Gasteiger charge is 2.46. The van der Waals surface area contributed by atoms with E-state index in [-0.39, 0.29) is 42.4 Å². The predicted molar refractivity (Wildman–Crippen MR) is 144 cm³/mol. The van der Waals surface area contributed by atoms with Crippen molar-refractivity contribution in [1.82, 2.24) is 0 Å². The zero-order valence-corrected chi connectivity index (χ0v) is 22.6. The lowest BCUT2D eigenvalue weighted by Gasteiger charge is -2.48.